The van der Waals surface area contributed by atoms with Crippen LogP contribution >= 0.6 is 0 Å². The van der Waals surface area contributed by atoms with Crippen LogP contribution in [0.5, 0.6) is 0 Å². The molecule has 0 spiro atoms. The Morgan fingerprint density at radius 3 is 2.29 bits per heavy atom. The summed E-state index contributed by atoms with van der Waals surface area (Å²) in [5.41, 5.74) is 1.52. The van der Waals surface area contributed by atoms with Crippen LogP contribution in [0, 0.1) is 17.8 Å². The van der Waals surface area contributed by atoms with Gasteiger partial charge in [-0.15, -0.1) is 0 Å². The van der Waals surface area contributed by atoms with Gasteiger partial charge >= 0.3 is 7.12 Å². The van der Waals surface area contributed by atoms with Crippen molar-refractivity contribution in [1.82, 2.24) is 0 Å². The minimum Gasteiger partial charge on any atom is -0.400 e. The van der Waals surface area contributed by atoms with Crippen molar-refractivity contribution in [3.8, 4) is 0 Å². The highest BCUT2D eigenvalue weighted by molar-refractivity contribution is 6.55. The number of allylic oxidation sites excluding steroid dienone is 1. The van der Waals surface area contributed by atoms with E-state index < -0.39 is 30.2 Å². The Labute approximate surface area is 182 Å². The molecule has 3 fully saturated rings. The number of hydrogen-bond acceptors (Lipinski definition) is 6. The third kappa shape index (κ3) is 3.19. The van der Waals surface area contributed by atoms with Crippen LogP contribution in [0.3, 0.4) is 0 Å². The van der Waals surface area contributed by atoms with E-state index >= 15 is 0 Å². The molecular weight excluding hydrogens is 397 g/mol. The quantitative estimate of drug-likeness (QED) is 0.536. The first-order valence-electron chi connectivity index (χ1n) is 10.9. The normalized spacial score (nSPS) is 32.2. The van der Waals surface area contributed by atoms with Gasteiger partial charge < -0.3 is 18.8 Å². The van der Waals surface area contributed by atoms with Gasteiger partial charge in [0, 0.05) is 5.92 Å². The van der Waals surface area contributed by atoms with E-state index in [1.54, 1.807) is 12.1 Å². The first-order chi connectivity index (χ1) is 14.7. The molecule has 1 aromatic rings. The molecule has 3 unspecified atom stereocenters. The van der Waals surface area contributed by atoms with Gasteiger partial charge in [-0.05, 0) is 57.3 Å². The summed E-state index contributed by atoms with van der Waals surface area (Å²) in [6, 6.07) is 9.13. The third-order valence-corrected chi connectivity index (χ3v) is 7.48. The van der Waals surface area contributed by atoms with Crippen molar-refractivity contribution < 1.29 is 28.4 Å². The van der Waals surface area contributed by atoms with E-state index in [0.717, 1.165) is 11.0 Å². The van der Waals surface area contributed by atoms with Gasteiger partial charge in [0.1, 0.15) is 6.79 Å². The lowest BCUT2D eigenvalue weighted by Crippen LogP contribution is -2.41. The summed E-state index contributed by atoms with van der Waals surface area (Å²) in [4.78, 5) is 28.3. The molecule has 2 amide bonds. The second kappa shape index (κ2) is 7.27. The van der Waals surface area contributed by atoms with Gasteiger partial charge in [-0.2, -0.15) is 0 Å². The number of nitrogens with zero attached hydrogens (tertiary/aromatic N) is 1. The zero-order valence-corrected chi connectivity index (χ0v) is 18.4. The lowest BCUT2D eigenvalue weighted by molar-refractivity contribution is -0.123. The molecule has 7 nitrogen and oxygen atoms in total. The summed E-state index contributed by atoms with van der Waals surface area (Å²) in [5, 5.41) is 0. The van der Waals surface area contributed by atoms with Crippen molar-refractivity contribution in [2.75, 3.05) is 24.9 Å². The molecular formula is C23H28BNO6. The van der Waals surface area contributed by atoms with Gasteiger partial charge in [-0.3, -0.25) is 14.5 Å². The number of para-hydroxylation sites is 1. The largest absolute Gasteiger partial charge is 0.490 e. The van der Waals surface area contributed by atoms with Gasteiger partial charge in [0.25, 0.3) is 0 Å². The van der Waals surface area contributed by atoms with E-state index in [1.807, 2.05) is 45.9 Å². The maximum atomic E-state index is 13.5. The fourth-order valence-corrected chi connectivity index (χ4v) is 5.09. The van der Waals surface area contributed by atoms with Gasteiger partial charge in [-0.25, -0.2) is 0 Å². The summed E-state index contributed by atoms with van der Waals surface area (Å²) in [5.74, 6) is -1.49. The molecule has 0 N–H and O–H groups in total. The van der Waals surface area contributed by atoms with E-state index in [2.05, 4.69) is 0 Å². The predicted molar refractivity (Wildman–Crippen MR) is 114 cm³/mol. The maximum Gasteiger partial charge on any atom is 0.490 e. The first-order valence-corrected chi connectivity index (χ1v) is 10.9. The number of rotatable bonds is 2. The van der Waals surface area contributed by atoms with Gasteiger partial charge in [-0.1, -0.05) is 18.2 Å². The zero-order chi connectivity index (χ0) is 22.0. The molecule has 3 heterocycles. The highest BCUT2D eigenvalue weighted by Gasteiger charge is 2.59. The van der Waals surface area contributed by atoms with Crippen molar-refractivity contribution in [2.45, 2.75) is 45.3 Å². The minimum atomic E-state index is -0.571. The Morgan fingerprint density at radius 1 is 0.935 bits per heavy atom. The Bertz CT molecular complexity index is 927. The first kappa shape index (κ1) is 20.9. The summed E-state index contributed by atoms with van der Waals surface area (Å²) in [7, 11) is -0.571. The topological polar surface area (TPSA) is 74.3 Å². The fraction of sp³-hybridized carbons (Fsp3) is 0.565. The average Bonchev–Trinajstić information content (AvgIpc) is 2.96. The second-order valence-electron chi connectivity index (χ2n) is 9.77. The van der Waals surface area contributed by atoms with Crippen LogP contribution in [0.25, 0.3) is 0 Å². The lowest BCUT2D eigenvalue weighted by Gasteiger charge is -2.34. The smallest absolute Gasteiger partial charge is 0.400 e. The average molecular weight is 425 g/mol. The summed E-state index contributed by atoms with van der Waals surface area (Å²) >= 11 is 0. The molecule has 0 saturated carbocycles. The van der Waals surface area contributed by atoms with Crippen molar-refractivity contribution in [1.29, 1.82) is 0 Å². The van der Waals surface area contributed by atoms with Crippen LogP contribution in [0.4, 0.5) is 5.69 Å². The zero-order valence-electron chi connectivity index (χ0n) is 18.4. The number of benzene rings is 1. The predicted octanol–water partition coefficient (Wildman–Crippen LogP) is 2.74. The summed E-state index contributed by atoms with van der Waals surface area (Å²) < 4.78 is 24.0. The Morgan fingerprint density at radius 2 is 1.61 bits per heavy atom. The SMILES string of the molecule is CC1(C)OB(C2=C3COCOCC3C3C(=O)N(c4ccccc4)C(=O)C3C2)OC1(C)C. The molecule has 3 aliphatic heterocycles. The third-order valence-electron chi connectivity index (χ3n) is 7.48. The van der Waals surface area contributed by atoms with Crippen molar-refractivity contribution in [3.63, 3.8) is 0 Å². The molecule has 4 aliphatic rings. The van der Waals surface area contributed by atoms with Crippen LogP contribution in [0.1, 0.15) is 34.1 Å². The highest BCUT2D eigenvalue weighted by atomic mass is 16.7. The van der Waals surface area contributed by atoms with E-state index in [9.17, 15) is 9.59 Å². The Kier molecular flexibility index (Phi) is 4.90. The van der Waals surface area contributed by atoms with E-state index in [-0.39, 0.29) is 24.5 Å². The molecule has 31 heavy (non-hydrogen) atoms. The molecule has 5 rings (SSSR count). The molecule has 8 heteroatoms. The Hall–Kier alpha value is -2.00. The van der Waals surface area contributed by atoms with Crippen LogP contribution in [0.2, 0.25) is 0 Å². The fourth-order valence-electron chi connectivity index (χ4n) is 5.09. The van der Waals surface area contributed by atoms with Gasteiger partial charge in [0.05, 0.1) is 41.9 Å². The number of ether oxygens (including phenoxy) is 2. The highest BCUT2D eigenvalue weighted by Crippen LogP contribution is 2.49. The monoisotopic (exact) mass is 425 g/mol. The number of amides is 2. The maximum absolute atomic E-state index is 13.5. The number of imide groups is 1. The molecule has 1 aliphatic carbocycles. The molecule has 0 bridgehead atoms. The van der Waals surface area contributed by atoms with Crippen molar-refractivity contribution in [3.05, 3.63) is 41.4 Å². The number of carbonyl (C=O) groups is 2. The lowest BCUT2D eigenvalue weighted by atomic mass is 9.60. The van der Waals surface area contributed by atoms with Crippen LogP contribution in [-0.2, 0) is 28.4 Å². The molecule has 0 aromatic heterocycles. The number of anilines is 1. The van der Waals surface area contributed by atoms with Crippen LogP contribution in [0.15, 0.2) is 41.4 Å². The second-order valence-corrected chi connectivity index (χ2v) is 9.77. The van der Waals surface area contributed by atoms with E-state index in [1.165, 1.54) is 4.90 Å². The van der Waals surface area contributed by atoms with Crippen molar-refractivity contribution in [2.24, 2.45) is 17.8 Å². The molecule has 0 radical (unpaired) electrons. The summed E-state index contributed by atoms with van der Waals surface area (Å²) in [6.07, 6.45) is 0.421. The van der Waals surface area contributed by atoms with E-state index in [0.29, 0.717) is 25.3 Å². The minimum absolute atomic E-state index is 0.165. The van der Waals surface area contributed by atoms with Crippen molar-refractivity contribution >= 4 is 24.6 Å². The van der Waals surface area contributed by atoms with Gasteiger partial charge in [0.2, 0.25) is 11.8 Å². The van der Waals surface area contributed by atoms with E-state index in [4.69, 9.17) is 18.8 Å². The number of hydrogen-bond donors (Lipinski definition) is 0. The molecule has 1 aromatic carbocycles. The van der Waals surface area contributed by atoms with Crippen LogP contribution in [-0.4, -0.2) is 50.1 Å². The number of fused-ring (bicyclic) bond motifs is 3. The van der Waals surface area contributed by atoms with Gasteiger partial charge in [0.15, 0.2) is 0 Å². The molecule has 3 atom stereocenters. The summed E-state index contributed by atoms with van der Waals surface area (Å²) in [6.45, 7) is 8.88. The van der Waals surface area contributed by atoms with Crippen LogP contribution < -0.4 is 4.90 Å². The molecule has 164 valence electrons. The molecule has 3 saturated heterocycles. The standard InChI is InChI=1S/C23H28BNO6/c1-22(2)23(3,4)31-24(30-22)18-10-15-19(17-12-29-13-28-11-16(17)18)21(27)25(20(15)26)14-8-6-5-7-9-14/h5-9,15,17,19H,10-13H2,1-4H3. The number of carbonyl (C=O) groups excluding carboxylic acids is 2. The Balaban J connectivity index is 1.55.